The fourth-order valence-corrected chi connectivity index (χ4v) is 3.15. The molecule has 1 heterocycles. The predicted octanol–water partition coefficient (Wildman–Crippen LogP) is 3.14. The minimum absolute atomic E-state index is 0.115. The van der Waals surface area contributed by atoms with Gasteiger partial charge in [-0.05, 0) is 37.8 Å². The van der Waals surface area contributed by atoms with Gasteiger partial charge in [0.2, 0.25) is 5.91 Å². The molecule has 0 radical (unpaired) electrons. The number of para-hydroxylation sites is 1. The number of benzene rings is 1. The molecule has 1 atom stereocenters. The first-order chi connectivity index (χ1) is 10.6. The molecule has 0 bridgehead atoms. The Hall–Kier alpha value is -2.06. The second-order valence-electron chi connectivity index (χ2n) is 5.77. The van der Waals surface area contributed by atoms with E-state index in [0.29, 0.717) is 5.92 Å². The first-order valence-corrected chi connectivity index (χ1v) is 8.30. The summed E-state index contributed by atoms with van der Waals surface area (Å²) in [5.41, 5.74) is 0.196. The predicted molar refractivity (Wildman–Crippen MR) is 87.4 cm³/mol. The van der Waals surface area contributed by atoms with Crippen molar-refractivity contribution in [2.75, 3.05) is 5.75 Å². The largest absolute Gasteiger partial charge is 0.337 e. The summed E-state index contributed by atoms with van der Waals surface area (Å²) >= 11 is 1.39. The standard InChI is InChI=1S/C17H17N3OS/c1-17(11-18,13-7-8-13)20-15(21)10-22-16-9-6-12-4-2-3-5-14(12)19-16/h2-6,9,13H,7-8,10H2,1H3,(H,20,21)/t17-/m0/s1. The third kappa shape index (κ3) is 3.23. The number of aromatic nitrogens is 1. The normalized spacial score (nSPS) is 16.7. The minimum atomic E-state index is -0.728. The van der Waals surface area contributed by atoms with E-state index in [1.807, 2.05) is 43.3 Å². The number of rotatable bonds is 5. The zero-order chi connectivity index (χ0) is 15.6. The van der Waals surface area contributed by atoms with E-state index in [0.717, 1.165) is 28.8 Å². The molecular formula is C17H17N3OS. The van der Waals surface area contributed by atoms with E-state index in [2.05, 4.69) is 16.4 Å². The number of nitrogens with one attached hydrogen (secondary N) is 1. The number of amides is 1. The molecule has 1 fully saturated rings. The number of hydrogen-bond donors (Lipinski definition) is 1. The van der Waals surface area contributed by atoms with Gasteiger partial charge in [-0.15, -0.1) is 0 Å². The highest BCUT2D eigenvalue weighted by Crippen LogP contribution is 2.39. The Bertz CT molecular complexity index is 751. The lowest BCUT2D eigenvalue weighted by molar-refractivity contribution is -0.119. The third-order valence-corrected chi connectivity index (χ3v) is 4.88. The van der Waals surface area contributed by atoms with Crippen LogP contribution in [-0.2, 0) is 4.79 Å². The molecule has 1 N–H and O–H groups in total. The molecule has 0 saturated heterocycles. The number of hydrogen-bond acceptors (Lipinski definition) is 4. The summed E-state index contributed by atoms with van der Waals surface area (Å²) in [6, 6.07) is 14.1. The number of thioether (sulfide) groups is 1. The van der Waals surface area contributed by atoms with Crippen LogP contribution in [0.15, 0.2) is 41.4 Å². The van der Waals surface area contributed by atoms with Gasteiger partial charge >= 0.3 is 0 Å². The quantitative estimate of drug-likeness (QED) is 0.862. The van der Waals surface area contributed by atoms with E-state index in [1.54, 1.807) is 0 Å². The second-order valence-corrected chi connectivity index (χ2v) is 6.76. The maximum absolute atomic E-state index is 12.1. The van der Waals surface area contributed by atoms with Crippen molar-refractivity contribution in [3.8, 4) is 6.07 Å². The van der Waals surface area contributed by atoms with Crippen LogP contribution in [0.1, 0.15) is 19.8 Å². The van der Waals surface area contributed by atoms with Gasteiger partial charge in [0.1, 0.15) is 5.54 Å². The van der Waals surface area contributed by atoms with Gasteiger partial charge in [0.05, 0.1) is 22.4 Å². The Morgan fingerprint density at radius 1 is 1.41 bits per heavy atom. The Morgan fingerprint density at radius 2 is 2.18 bits per heavy atom. The van der Waals surface area contributed by atoms with Crippen molar-refractivity contribution in [1.82, 2.24) is 10.3 Å². The maximum atomic E-state index is 12.1. The average Bonchev–Trinajstić information content (AvgIpc) is 3.38. The van der Waals surface area contributed by atoms with Crippen molar-refractivity contribution in [2.24, 2.45) is 5.92 Å². The van der Waals surface area contributed by atoms with E-state index >= 15 is 0 Å². The van der Waals surface area contributed by atoms with Gasteiger partial charge < -0.3 is 5.32 Å². The molecule has 1 aromatic carbocycles. The molecule has 4 nitrogen and oxygen atoms in total. The van der Waals surface area contributed by atoms with E-state index in [-0.39, 0.29) is 11.7 Å². The van der Waals surface area contributed by atoms with Crippen molar-refractivity contribution in [3.63, 3.8) is 0 Å². The Labute approximate surface area is 133 Å². The first kappa shape index (κ1) is 14.9. The van der Waals surface area contributed by atoms with Crippen LogP contribution in [0, 0.1) is 17.2 Å². The highest BCUT2D eigenvalue weighted by molar-refractivity contribution is 7.99. The number of fused-ring (bicyclic) bond motifs is 1. The van der Waals surface area contributed by atoms with Crippen LogP contribution in [0.3, 0.4) is 0 Å². The highest BCUT2D eigenvalue weighted by Gasteiger charge is 2.42. The van der Waals surface area contributed by atoms with Crippen LogP contribution in [0.2, 0.25) is 0 Å². The van der Waals surface area contributed by atoms with Gasteiger partial charge in [-0.25, -0.2) is 4.98 Å². The van der Waals surface area contributed by atoms with Crippen LogP contribution in [-0.4, -0.2) is 22.2 Å². The topological polar surface area (TPSA) is 65.8 Å². The zero-order valence-electron chi connectivity index (χ0n) is 12.4. The van der Waals surface area contributed by atoms with Gasteiger partial charge in [0.15, 0.2) is 0 Å². The number of carbonyl (C=O) groups excluding carboxylic acids is 1. The highest BCUT2D eigenvalue weighted by atomic mass is 32.2. The van der Waals surface area contributed by atoms with Gasteiger partial charge in [-0.1, -0.05) is 36.0 Å². The SMILES string of the molecule is C[C@@](C#N)(NC(=O)CSc1ccc2ccccc2n1)C1CC1. The Balaban J connectivity index is 1.61. The molecule has 0 aliphatic heterocycles. The fourth-order valence-electron chi connectivity index (χ4n) is 2.47. The fraction of sp³-hybridized carbons (Fsp3) is 0.353. The maximum Gasteiger partial charge on any atom is 0.231 e. The smallest absolute Gasteiger partial charge is 0.231 e. The van der Waals surface area contributed by atoms with Crippen molar-refractivity contribution in [3.05, 3.63) is 36.4 Å². The van der Waals surface area contributed by atoms with Crippen LogP contribution in [0.25, 0.3) is 10.9 Å². The lowest BCUT2D eigenvalue weighted by Gasteiger charge is -2.22. The number of nitrogens with zero attached hydrogens (tertiary/aromatic N) is 2. The molecule has 3 rings (SSSR count). The first-order valence-electron chi connectivity index (χ1n) is 7.31. The summed E-state index contributed by atoms with van der Waals surface area (Å²) < 4.78 is 0. The lowest BCUT2D eigenvalue weighted by Crippen LogP contribution is -2.47. The lowest BCUT2D eigenvalue weighted by atomic mass is 9.98. The molecule has 1 aliphatic rings. The van der Waals surface area contributed by atoms with Gasteiger partial charge in [-0.2, -0.15) is 5.26 Å². The Morgan fingerprint density at radius 3 is 2.91 bits per heavy atom. The van der Waals surface area contributed by atoms with E-state index in [9.17, 15) is 10.1 Å². The molecule has 1 aromatic heterocycles. The second kappa shape index (κ2) is 5.98. The van der Waals surface area contributed by atoms with Crippen LogP contribution >= 0.6 is 11.8 Å². The summed E-state index contributed by atoms with van der Waals surface area (Å²) in [4.78, 5) is 16.6. The summed E-state index contributed by atoms with van der Waals surface area (Å²) in [5.74, 6) is 0.455. The van der Waals surface area contributed by atoms with Crippen molar-refractivity contribution < 1.29 is 4.79 Å². The van der Waals surface area contributed by atoms with Gasteiger partial charge in [0.25, 0.3) is 0 Å². The average molecular weight is 311 g/mol. The molecular weight excluding hydrogens is 294 g/mol. The molecule has 1 saturated carbocycles. The van der Waals surface area contributed by atoms with Crippen LogP contribution < -0.4 is 5.32 Å². The summed E-state index contributed by atoms with van der Waals surface area (Å²) in [5, 5.41) is 14.0. The van der Waals surface area contributed by atoms with E-state index < -0.39 is 5.54 Å². The van der Waals surface area contributed by atoms with Crippen LogP contribution in [0.4, 0.5) is 0 Å². The van der Waals surface area contributed by atoms with Crippen molar-refractivity contribution in [2.45, 2.75) is 30.3 Å². The van der Waals surface area contributed by atoms with Crippen molar-refractivity contribution in [1.29, 1.82) is 5.26 Å². The minimum Gasteiger partial charge on any atom is -0.337 e. The van der Waals surface area contributed by atoms with Crippen molar-refractivity contribution >= 4 is 28.6 Å². The molecule has 1 amide bonds. The van der Waals surface area contributed by atoms with Gasteiger partial charge in [-0.3, -0.25) is 4.79 Å². The summed E-state index contributed by atoms with van der Waals surface area (Å²) in [7, 11) is 0. The van der Waals surface area contributed by atoms with Gasteiger partial charge in [0, 0.05) is 5.39 Å². The zero-order valence-corrected chi connectivity index (χ0v) is 13.2. The van der Waals surface area contributed by atoms with E-state index in [1.165, 1.54) is 11.8 Å². The monoisotopic (exact) mass is 311 g/mol. The molecule has 22 heavy (non-hydrogen) atoms. The molecule has 1 aliphatic carbocycles. The molecule has 0 spiro atoms. The van der Waals surface area contributed by atoms with Crippen LogP contribution in [0.5, 0.6) is 0 Å². The molecule has 5 heteroatoms. The summed E-state index contributed by atoms with van der Waals surface area (Å²) in [6.07, 6.45) is 2.04. The van der Waals surface area contributed by atoms with E-state index in [4.69, 9.17) is 0 Å². The molecule has 2 aromatic rings. The molecule has 112 valence electrons. The summed E-state index contributed by atoms with van der Waals surface area (Å²) in [6.45, 7) is 1.81. The molecule has 0 unspecified atom stereocenters. The Kier molecular flexibility index (Phi) is 4.04. The third-order valence-electron chi connectivity index (χ3n) is 3.95. The number of pyridine rings is 1. The number of nitriles is 1. The number of carbonyl (C=O) groups is 1.